The van der Waals surface area contributed by atoms with E-state index in [0.717, 1.165) is 24.1 Å². The Balaban J connectivity index is 1.76. The summed E-state index contributed by atoms with van der Waals surface area (Å²) in [5.74, 6) is -0.137. The summed E-state index contributed by atoms with van der Waals surface area (Å²) in [6.45, 7) is 4.40. The lowest BCUT2D eigenvalue weighted by atomic mass is 9.88. The van der Waals surface area contributed by atoms with Gasteiger partial charge in [-0.25, -0.2) is 12.8 Å². The lowest BCUT2D eigenvalue weighted by Gasteiger charge is -2.26. The zero-order chi connectivity index (χ0) is 19.3. The molecule has 2 unspecified atom stereocenters. The van der Waals surface area contributed by atoms with Crippen LogP contribution in [0.4, 0.5) is 10.1 Å². The summed E-state index contributed by atoms with van der Waals surface area (Å²) in [7, 11) is -1.57. The fourth-order valence-corrected chi connectivity index (χ4v) is 5.99. The van der Waals surface area contributed by atoms with Crippen molar-refractivity contribution >= 4 is 15.5 Å². The van der Waals surface area contributed by atoms with E-state index < -0.39 is 15.7 Å². The normalized spacial score (nSPS) is 27.8. The standard InChI is InChI=1S/C21H25FN2O2S/c1-13-10-18-19-12-17(27(25,26)16-6-4-15(22)5-7-16)8-9-20(19)24(3)21(18)11-14(2)23-13/h4-9,12-14,18,21,23H,10-11H2,1-3H3/t13?,14?,18-,21+/m0/s1. The van der Waals surface area contributed by atoms with Crippen LogP contribution in [0.15, 0.2) is 52.3 Å². The van der Waals surface area contributed by atoms with Crippen LogP contribution in [0.3, 0.4) is 0 Å². The summed E-state index contributed by atoms with van der Waals surface area (Å²) < 4.78 is 39.2. The first kappa shape index (κ1) is 18.4. The molecule has 0 aliphatic carbocycles. The zero-order valence-electron chi connectivity index (χ0n) is 15.8. The van der Waals surface area contributed by atoms with Crippen molar-refractivity contribution in [2.75, 3.05) is 11.9 Å². The van der Waals surface area contributed by atoms with Gasteiger partial charge in [-0.3, -0.25) is 0 Å². The van der Waals surface area contributed by atoms with Gasteiger partial charge < -0.3 is 10.2 Å². The summed E-state index contributed by atoms with van der Waals surface area (Å²) in [5, 5.41) is 3.62. The molecule has 0 spiro atoms. The minimum absolute atomic E-state index is 0.122. The van der Waals surface area contributed by atoms with Gasteiger partial charge in [-0.2, -0.15) is 0 Å². The Bertz CT molecular complexity index is 959. The van der Waals surface area contributed by atoms with E-state index in [1.54, 1.807) is 6.07 Å². The van der Waals surface area contributed by atoms with E-state index in [0.29, 0.717) is 24.0 Å². The Labute approximate surface area is 160 Å². The third-order valence-electron chi connectivity index (χ3n) is 5.95. The Kier molecular flexibility index (Phi) is 4.51. The highest BCUT2D eigenvalue weighted by Gasteiger charge is 2.40. The van der Waals surface area contributed by atoms with E-state index in [2.05, 4.69) is 31.1 Å². The molecule has 0 bridgehead atoms. The number of nitrogens with one attached hydrogen (secondary N) is 1. The van der Waals surface area contributed by atoms with Crippen LogP contribution in [0.1, 0.15) is 38.2 Å². The molecule has 1 saturated heterocycles. The lowest BCUT2D eigenvalue weighted by molar-refractivity contribution is 0.466. The van der Waals surface area contributed by atoms with E-state index in [-0.39, 0.29) is 9.79 Å². The van der Waals surface area contributed by atoms with Crippen LogP contribution in [0, 0.1) is 5.82 Å². The number of hydrogen-bond donors (Lipinski definition) is 1. The molecule has 1 N–H and O–H groups in total. The molecular formula is C21H25FN2O2S. The molecule has 4 nitrogen and oxygen atoms in total. The molecule has 0 amide bonds. The van der Waals surface area contributed by atoms with Gasteiger partial charge in [0.15, 0.2) is 0 Å². The van der Waals surface area contributed by atoms with Crippen molar-refractivity contribution in [1.29, 1.82) is 0 Å². The molecule has 2 aliphatic rings. The van der Waals surface area contributed by atoms with Crippen molar-refractivity contribution < 1.29 is 12.8 Å². The fraction of sp³-hybridized carbons (Fsp3) is 0.429. The minimum atomic E-state index is -3.67. The molecule has 2 heterocycles. The van der Waals surface area contributed by atoms with Crippen LogP contribution in [-0.4, -0.2) is 33.6 Å². The SMILES string of the molecule is CC1C[C@@H]2[C@@H](CC(C)N1)c1cc(S(=O)(=O)c3ccc(F)cc3)ccc1N2C. The van der Waals surface area contributed by atoms with Gasteiger partial charge in [0.05, 0.1) is 9.79 Å². The number of hydrogen-bond acceptors (Lipinski definition) is 4. The van der Waals surface area contributed by atoms with Gasteiger partial charge in [0.1, 0.15) is 5.82 Å². The van der Waals surface area contributed by atoms with Gasteiger partial charge in [-0.1, -0.05) is 0 Å². The first-order valence-corrected chi connectivity index (χ1v) is 10.9. The summed E-state index contributed by atoms with van der Waals surface area (Å²) >= 11 is 0. The molecule has 2 aromatic rings. The highest BCUT2D eigenvalue weighted by molar-refractivity contribution is 7.91. The van der Waals surface area contributed by atoms with Crippen LogP contribution in [-0.2, 0) is 9.84 Å². The highest BCUT2D eigenvalue weighted by Crippen LogP contribution is 2.46. The van der Waals surface area contributed by atoms with E-state index in [4.69, 9.17) is 0 Å². The Morgan fingerprint density at radius 2 is 1.63 bits per heavy atom. The number of halogens is 1. The average molecular weight is 389 g/mol. The first-order chi connectivity index (χ1) is 12.8. The number of benzene rings is 2. The van der Waals surface area contributed by atoms with Gasteiger partial charge in [-0.15, -0.1) is 0 Å². The number of sulfone groups is 1. The van der Waals surface area contributed by atoms with Crippen LogP contribution in [0.5, 0.6) is 0 Å². The maximum Gasteiger partial charge on any atom is 0.206 e. The van der Waals surface area contributed by atoms with Crippen LogP contribution < -0.4 is 10.2 Å². The summed E-state index contributed by atoms with van der Waals surface area (Å²) in [4.78, 5) is 2.70. The second-order valence-corrected chi connectivity index (χ2v) is 9.85. The maximum absolute atomic E-state index is 13.2. The van der Waals surface area contributed by atoms with E-state index >= 15 is 0 Å². The summed E-state index contributed by atoms with van der Waals surface area (Å²) in [6, 6.07) is 11.6. The van der Waals surface area contributed by atoms with Crippen molar-refractivity contribution in [3.05, 3.63) is 53.8 Å². The molecule has 4 atom stereocenters. The molecule has 2 aliphatic heterocycles. The average Bonchev–Trinajstić information content (AvgIpc) is 2.77. The van der Waals surface area contributed by atoms with E-state index in [1.807, 2.05) is 12.1 Å². The Morgan fingerprint density at radius 3 is 2.33 bits per heavy atom. The molecule has 144 valence electrons. The molecule has 0 radical (unpaired) electrons. The van der Waals surface area contributed by atoms with Gasteiger partial charge in [0.25, 0.3) is 0 Å². The smallest absolute Gasteiger partial charge is 0.206 e. The number of anilines is 1. The van der Waals surface area contributed by atoms with Crippen molar-refractivity contribution in [2.24, 2.45) is 0 Å². The van der Waals surface area contributed by atoms with Gasteiger partial charge in [0, 0.05) is 36.8 Å². The predicted molar refractivity (Wildman–Crippen MR) is 105 cm³/mol. The largest absolute Gasteiger partial charge is 0.371 e. The Morgan fingerprint density at radius 1 is 1.00 bits per heavy atom. The summed E-state index contributed by atoms with van der Waals surface area (Å²) in [5.41, 5.74) is 2.22. The molecule has 0 saturated carbocycles. The molecule has 4 rings (SSSR count). The van der Waals surface area contributed by atoms with Crippen LogP contribution >= 0.6 is 0 Å². The van der Waals surface area contributed by atoms with Crippen LogP contribution in [0.25, 0.3) is 0 Å². The number of nitrogens with zero attached hydrogens (tertiary/aromatic N) is 1. The van der Waals surface area contributed by atoms with Crippen LogP contribution in [0.2, 0.25) is 0 Å². The maximum atomic E-state index is 13.2. The first-order valence-electron chi connectivity index (χ1n) is 9.41. The molecule has 6 heteroatoms. The molecular weight excluding hydrogens is 363 g/mol. The van der Waals surface area contributed by atoms with Crippen molar-refractivity contribution in [2.45, 2.75) is 60.5 Å². The second kappa shape index (κ2) is 6.60. The third-order valence-corrected chi connectivity index (χ3v) is 7.71. The van der Waals surface area contributed by atoms with E-state index in [9.17, 15) is 12.8 Å². The van der Waals surface area contributed by atoms with Crippen molar-refractivity contribution in [3.63, 3.8) is 0 Å². The zero-order valence-corrected chi connectivity index (χ0v) is 16.6. The monoisotopic (exact) mass is 388 g/mol. The third kappa shape index (κ3) is 3.15. The number of rotatable bonds is 2. The quantitative estimate of drug-likeness (QED) is 0.797. The number of likely N-dealkylation sites (N-methyl/N-ethyl adjacent to an activating group) is 1. The van der Waals surface area contributed by atoms with Gasteiger partial charge in [0.2, 0.25) is 9.84 Å². The minimum Gasteiger partial charge on any atom is -0.371 e. The van der Waals surface area contributed by atoms with Crippen molar-refractivity contribution in [1.82, 2.24) is 5.32 Å². The second-order valence-electron chi connectivity index (χ2n) is 7.90. The molecule has 1 fully saturated rings. The number of fused-ring (bicyclic) bond motifs is 3. The predicted octanol–water partition coefficient (Wildman–Crippen LogP) is 3.72. The summed E-state index contributed by atoms with van der Waals surface area (Å²) in [6.07, 6.45) is 2.01. The van der Waals surface area contributed by atoms with Gasteiger partial charge >= 0.3 is 0 Å². The molecule has 0 aromatic heterocycles. The topological polar surface area (TPSA) is 49.4 Å². The Hall–Kier alpha value is -1.92. The molecule has 27 heavy (non-hydrogen) atoms. The molecule has 2 aromatic carbocycles. The van der Waals surface area contributed by atoms with Gasteiger partial charge in [-0.05, 0) is 74.7 Å². The lowest BCUT2D eigenvalue weighted by Crippen LogP contribution is -2.36. The van der Waals surface area contributed by atoms with Crippen molar-refractivity contribution in [3.8, 4) is 0 Å². The van der Waals surface area contributed by atoms with E-state index in [1.165, 1.54) is 24.3 Å². The fourth-order valence-electron chi connectivity index (χ4n) is 4.69. The highest BCUT2D eigenvalue weighted by atomic mass is 32.2.